The molecule has 0 spiro atoms. The molecule has 3 rings (SSSR count). The number of nitrogens with zero attached hydrogens (tertiary/aromatic N) is 1. The highest BCUT2D eigenvalue weighted by Crippen LogP contribution is 2.31. The molecule has 2 aromatic carbocycles. The van der Waals surface area contributed by atoms with E-state index in [2.05, 4.69) is 5.32 Å². The third-order valence-electron chi connectivity index (χ3n) is 4.62. The van der Waals surface area contributed by atoms with Crippen LogP contribution in [0.15, 0.2) is 54.6 Å². The lowest BCUT2D eigenvalue weighted by atomic mass is 10.1. The third kappa shape index (κ3) is 5.38. The number of hydrogen-bond donors (Lipinski definition) is 1. The Morgan fingerprint density at radius 3 is 2.55 bits per heavy atom. The zero-order valence-electron chi connectivity index (χ0n) is 16.8. The molecule has 6 nitrogen and oxygen atoms in total. The monoisotopic (exact) mass is 394 g/mol. The van der Waals surface area contributed by atoms with Crippen LogP contribution < -0.4 is 14.8 Å². The molecular formula is C23H26N2O4. The molecule has 0 fully saturated rings. The van der Waals surface area contributed by atoms with Crippen molar-refractivity contribution in [3.8, 4) is 11.5 Å². The second-order valence-corrected chi connectivity index (χ2v) is 6.80. The topological polar surface area (TPSA) is 67.9 Å². The number of anilines is 1. The van der Waals surface area contributed by atoms with E-state index in [-0.39, 0.29) is 11.8 Å². The molecule has 1 atom stereocenters. The number of para-hydroxylation sites is 1. The van der Waals surface area contributed by atoms with Gasteiger partial charge in [-0.3, -0.25) is 9.59 Å². The molecule has 0 saturated carbocycles. The van der Waals surface area contributed by atoms with Gasteiger partial charge in [0.1, 0.15) is 19.3 Å². The molecule has 1 N–H and O–H groups in total. The summed E-state index contributed by atoms with van der Waals surface area (Å²) in [6, 6.07) is 14.2. The van der Waals surface area contributed by atoms with Crippen molar-refractivity contribution in [3.63, 3.8) is 0 Å². The average Bonchev–Trinajstić information content (AvgIpc) is 2.76. The van der Waals surface area contributed by atoms with Gasteiger partial charge in [0, 0.05) is 18.3 Å². The predicted octanol–water partition coefficient (Wildman–Crippen LogP) is 3.74. The zero-order valence-corrected chi connectivity index (χ0v) is 16.8. The summed E-state index contributed by atoms with van der Waals surface area (Å²) in [6.45, 7) is 5.26. The standard InChI is InChI=1S/C23H26N2O4/c1-3-13-25(17(2)23(27)24-19-7-5-4-6-8-19)22(26)12-10-18-9-11-20-21(16-18)29-15-14-28-20/h4-12,16-17H,3,13-15H2,1-2H3,(H,24,27)/b12-10+. The lowest BCUT2D eigenvalue weighted by Crippen LogP contribution is -2.45. The maximum atomic E-state index is 12.8. The molecule has 0 bridgehead atoms. The van der Waals surface area contributed by atoms with Crippen LogP contribution in [0.3, 0.4) is 0 Å². The molecule has 29 heavy (non-hydrogen) atoms. The minimum Gasteiger partial charge on any atom is -0.486 e. The van der Waals surface area contributed by atoms with E-state index in [0.717, 1.165) is 12.0 Å². The number of rotatable bonds is 7. The normalized spacial score (nSPS) is 13.7. The first kappa shape index (κ1) is 20.5. The van der Waals surface area contributed by atoms with Crippen molar-refractivity contribution in [2.24, 2.45) is 0 Å². The SMILES string of the molecule is CCCN(C(=O)/C=C/c1ccc2c(c1)OCCO2)C(C)C(=O)Nc1ccccc1. The lowest BCUT2D eigenvalue weighted by Gasteiger charge is -2.27. The van der Waals surface area contributed by atoms with Crippen LogP contribution in [-0.2, 0) is 9.59 Å². The maximum absolute atomic E-state index is 12.8. The Bertz CT molecular complexity index is 880. The van der Waals surface area contributed by atoms with Gasteiger partial charge in [0.15, 0.2) is 11.5 Å². The van der Waals surface area contributed by atoms with Gasteiger partial charge >= 0.3 is 0 Å². The highest BCUT2D eigenvalue weighted by Gasteiger charge is 2.24. The van der Waals surface area contributed by atoms with E-state index in [9.17, 15) is 9.59 Å². The summed E-state index contributed by atoms with van der Waals surface area (Å²) < 4.78 is 11.1. The smallest absolute Gasteiger partial charge is 0.247 e. The molecule has 1 unspecified atom stereocenters. The number of fused-ring (bicyclic) bond motifs is 1. The van der Waals surface area contributed by atoms with E-state index in [4.69, 9.17) is 9.47 Å². The number of carbonyl (C=O) groups excluding carboxylic acids is 2. The van der Waals surface area contributed by atoms with E-state index < -0.39 is 6.04 Å². The number of nitrogens with one attached hydrogen (secondary N) is 1. The van der Waals surface area contributed by atoms with E-state index in [1.165, 1.54) is 6.08 Å². The van der Waals surface area contributed by atoms with E-state index >= 15 is 0 Å². The molecular weight excluding hydrogens is 368 g/mol. The Hall–Kier alpha value is -3.28. The second kappa shape index (κ2) is 9.78. The first-order valence-electron chi connectivity index (χ1n) is 9.82. The Morgan fingerprint density at radius 2 is 1.83 bits per heavy atom. The molecule has 1 heterocycles. The van der Waals surface area contributed by atoms with Crippen molar-refractivity contribution < 1.29 is 19.1 Å². The molecule has 2 amide bonds. The lowest BCUT2D eigenvalue weighted by molar-refractivity contribution is -0.134. The summed E-state index contributed by atoms with van der Waals surface area (Å²) in [5, 5.41) is 2.86. The first-order valence-corrected chi connectivity index (χ1v) is 9.82. The van der Waals surface area contributed by atoms with Gasteiger partial charge in [-0.05, 0) is 49.2 Å². The Labute approximate surface area is 171 Å². The molecule has 0 saturated heterocycles. The molecule has 1 aliphatic heterocycles. The van der Waals surface area contributed by atoms with Crippen molar-refractivity contribution >= 4 is 23.6 Å². The van der Waals surface area contributed by atoms with Crippen LogP contribution in [0.2, 0.25) is 0 Å². The number of benzene rings is 2. The zero-order chi connectivity index (χ0) is 20.6. The third-order valence-corrected chi connectivity index (χ3v) is 4.62. The fourth-order valence-corrected chi connectivity index (χ4v) is 3.07. The van der Waals surface area contributed by atoms with E-state index in [0.29, 0.717) is 36.9 Å². The molecule has 0 aromatic heterocycles. The molecule has 0 aliphatic carbocycles. The number of ether oxygens (including phenoxy) is 2. The van der Waals surface area contributed by atoms with Crippen LogP contribution in [-0.4, -0.2) is 42.5 Å². The van der Waals surface area contributed by atoms with Gasteiger partial charge in [0.05, 0.1) is 0 Å². The second-order valence-electron chi connectivity index (χ2n) is 6.80. The highest BCUT2D eigenvalue weighted by atomic mass is 16.6. The van der Waals surface area contributed by atoms with E-state index in [1.54, 1.807) is 17.9 Å². The van der Waals surface area contributed by atoms with Crippen molar-refractivity contribution in [2.75, 3.05) is 25.1 Å². The van der Waals surface area contributed by atoms with Crippen molar-refractivity contribution in [1.29, 1.82) is 0 Å². The summed E-state index contributed by atoms with van der Waals surface area (Å²) in [7, 11) is 0. The van der Waals surface area contributed by atoms with E-state index in [1.807, 2.05) is 55.5 Å². The predicted molar refractivity (Wildman–Crippen MR) is 113 cm³/mol. The molecule has 2 aromatic rings. The van der Waals surface area contributed by atoms with Crippen LogP contribution in [0.5, 0.6) is 11.5 Å². The summed E-state index contributed by atoms with van der Waals surface area (Å²) in [5.74, 6) is 0.952. The molecule has 1 aliphatic rings. The van der Waals surface area contributed by atoms with Crippen LogP contribution in [0.4, 0.5) is 5.69 Å². The summed E-state index contributed by atoms with van der Waals surface area (Å²) in [5.41, 5.74) is 1.54. The van der Waals surface area contributed by atoms with Gasteiger partial charge in [-0.15, -0.1) is 0 Å². The molecule has 6 heteroatoms. The Morgan fingerprint density at radius 1 is 1.10 bits per heavy atom. The fraction of sp³-hybridized carbons (Fsp3) is 0.304. The van der Waals surface area contributed by atoms with Gasteiger partial charge < -0.3 is 19.7 Å². The first-order chi connectivity index (χ1) is 14.1. The van der Waals surface area contributed by atoms with Crippen LogP contribution >= 0.6 is 0 Å². The van der Waals surface area contributed by atoms with Gasteiger partial charge in [-0.1, -0.05) is 31.2 Å². The number of amides is 2. The Kier molecular flexibility index (Phi) is 6.89. The highest BCUT2D eigenvalue weighted by molar-refractivity contribution is 5.99. The number of hydrogen-bond acceptors (Lipinski definition) is 4. The quantitative estimate of drug-likeness (QED) is 0.727. The maximum Gasteiger partial charge on any atom is 0.247 e. The van der Waals surface area contributed by atoms with Crippen LogP contribution in [0, 0.1) is 0 Å². The number of carbonyl (C=O) groups is 2. The van der Waals surface area contributed by atoms with Gasteiger partial charge in [0.25, 0.3) is 0 Å². The minimum atomic E-state index is -0.590. The molecule has 0 radical (unpaired) electrons. The van der Waals surface area contributed by atoms with Crippen molar-refractivity contribution in [3.05, 3.63) is 60.2 Å². The summed E-state index contributed by atoms with van der Waals surface area (Å²) >= 11 is 0. The van der Waals surface area contributed by atoms with Crippen LogP contribution in [0.25, 0.3) is 6.08 Å². The fourth-order valence-electron chi connectivity index (χ4n) is 3.07. The largest absolute Gasteiger partial charge is 0.486 e. The van der Waals surface area contributed by atoms with Gasteiger partial charge in [-0.2, -0.15) is 0 Å². The van der Waals surface area contributed by atoms with Gasteiger partial charge in [-0.25, -0.2) is 0 Å². The molecule has 152 valence electrons. The van der Waals surface area contributed by atoms with Crippen molar-refractivity contribution in [1.82, 2.24) is 4.90 Å². The van der Waals surface area contributed by atoms with Gasteiger partial charge in [0.2, 0.25) is 11.8 Å². The summed E-state index contributed by atoms with van der Waals surface area (Å²) in [4.78, 5) is 27.0. The van der Waals surface area contributed by atoms with Crippen molar-refractivity contribution in [2.45, 2.75) is 26.3 Å². The Balaban J connectivity index is 1.68. The average molecular weight is 394 g/mol. The van der Waals surface area contributed by atoms with Crippen LogP contribution in [0.1, 0.15) is 25.8 Å². The summed E-state index contributed by atoms with van der Waals surface area (Å²) in [6.07, 6.45) is 3.98. The minimum absolute atomic E-state index is 0.211.